The number of fused-ring (bicyclic) bond motifs is 1. The molecule has 1 amide bonds. The first-order chi connectivity index (χ1) is 7.86. The van der Waals surface area contributed by atoms with Crippen LogP contribution in [0.2, 0.25) is 0 Å². The van der Waals surface area contributed by atoms with Crippen LogP contribution < -0.4 is 4.90 Å². The minimum atomic E-state index is 0.761. The summed E-state index contributed by atoms with van der Waals surface area (Å²) in [5.74, 6) is 0. The Labute approximate surface area is 95.5 Å². The minimum Gasteiger partial charge on any atom is -0.314 e. The maximum absolute atomic E-state index is 11.1. The third-order valence-corrected chi connectivity index (χ3v) is 2.67. The fourth-order valence-electron chi connectivity index (χ4n) is 1.93. The van der Waals surface area contributed by atoms with Crippen LogP contribution in [-0.2, 0) is 4.79 Å². The van der Waals surface area contributed by atoms with E-state index in [4.69, 9.17) is 0 Å². The van der Waals surface area contributed by atoms with Gasteiger partial charge in [0.1, 0.15) is 0 Å². The predicted molar refractivity (Wildman–Crippen MR) is 67.6 cm³/mol. The van der Waals surface area contributed by atoms with Gasteiger partial charge in [0, 0.05) is 11.9 Å². The SMILES string of the molecule is CCCN(C=O)c1cccc2ccccc12. The zero-order chi connectivity index (χ0) is 11.4. The molecule has 0 unspecified atom stereocenters. The lowest BCUT2D eigenvalue weighted by Crippen LogP contribution is -2.21. The maximum atomic E-state index is 11.1. The zero-order valence-corrected chi connectivity index (χ0v) is 9.39. The molecule has 2 nitrogen and oxygen atoms in total. The number of rotatable bonds is 4. The van der Waals surface area contributed by atoms with Crippen LogP contribution in [0.1, 0.15) is 13.3 Å². The van der Waals surface area contributed by atoms with Gasteiger partial charge >= 0.3 is 0 Å². The van der Waals surface area contributed by atoms with Crippen molar-refractivity contribution < 1.29 is 4.79 Å². The molecule has 0 spiro atoms. The standard InChI is InChI=1S/C14H15NO/c1-2-10-15(11-16)14-9-5-7-12-6-3-4-8-13(12)14/h3-9,11H,2,10H2,1H3. The second kappa shape index (κ2) is 4.79. The van der Waals surface area contributed by atoms with Crippen molar-refractivity contribution in [3.63, 3.8) is 0 Å². The average molecular weight is 213 g/mol. The van der Waals surface area contributed by atoms with Gasteiger partial charge in [-0.1, -0.05) is 43.3 Å². The average Bonchev–Trinajstić information content (AvgIpc) is 2.35. The van der Waals surface area contributed by atoms with Crippen molar-refractivity contribution in [1.82, 2.24) is 0 Å². The van der Waals surface area contributed by atoms with Gasteiger partial charge in [-0.2, -0.15) is 0 Å². The van der Waals surface area contributed by atoms with Crippen molar-refractivity contribution >= 4 is 22.9 Å². The number of anilines is 1. The summed E-state index contributed by atoms with van der Waals surface area (Å²) < 4.78 is 0. The lowest BCUT2D eigenvalue weighted by Gasteiger charge is -2.18. The van der Waals surface area contributed by atoms with Crippen LogP contribution in [0.15, 0.2) is 42.5 Å². The smallest absolute Gasteiger partial charge is 0.214 e. The van der Waals surface area contributed by atoms with Crippen LogP contribution in [0.25, 0.3) is 10.8 Å². The van der Waals surface area contributed by atoms with E-state index in [1.807, 2.05) is 24.3 Å². The normalized spacial score (nSPS) is 10.3. The van der Waals surface area contributed by atoms with Crippen molar-refractivity contribution in [2.24, 2.45) is 0 Å². The van der Waals surface area contributed by atoms with Crippen molar-refractivity contribution in [1.29, 1.82) is 0 Å². The summed E-state index contributed by atoms with van der Waals surface area (Å²) in [5.41, 5.74) is 0.995. The molecule has 0 fully saturated rings. The molecule has 16 heavy (non-hydrogen) atoms. The molecule has 0 aromatic heterocycles. The second-order valence-electron chi connectivity index (χ2n) is 3.80. The molecule has 0 bridgehead atoms. The Bertz CT molecular complexity index is 488. The number of benzene rings is 2. The molecule has 0 aliphatic rings. The first-order valence-corrected chi connectivity index (χ1v) is 5.56. The van der Waals surface area contributed by atoms with Gasteiger partial charge < -0.3 is 4.90 Å². The van der Waals surface area contributed by atoms with E-state index in [-0.39, 0.29) is 0 Å². The Morgan fingerprint density at radius 1 is 1.12 bits per heavy atom. The highest BCUT2D eigenvalue weighted by atomic mass is 16.1. The van der Waals surface area contributed by atoms with Crippen LogP contribution >= 0.6 is 0 Å². The molecule has 2 heteroatoms. The fourth-order valence-corrected chi connectivity index (χ4v) is 1.93. The Morgan fingerprint density at radius 3 is 2.62 bits per heavy atom. The summed E-state index contributed by atoms with van der Waals surface area (Å²) in [6, 6.07) is 14.2. The summed E-state index contributed by atoms with van der Waals surface area (Å²) in [5, 5.41) is 2.30. The van der Waals surface area contributed by atoms with Gasteiger partial charge in [-0.25, -0.2) is 0 Å². The highest BCUT2D eigenvalue weighted by Crippen LogP contribution is 2.25. The monoisotopic (exact) mass is 213 g/mol. The van der Waals surface area contributed by atoms with Crippen molar-refractivity contribution in [2.45, 2.75) is 13.3 Å². The summed E-state index contributed by atoms with van der Waals surface area (Å²) >= 11 is 0. The summed E-state index contributed by atoms with van der Waals surface area (Å²) in [6.07, 6.45) is 1.87. The predicted octanol–water partition coefficient (Wildman–Crippen LogP) is 3.21. The third-order valence-electron chi connectivity index (χ3n) is 2.67. The van der Waals surface area contributed by atoms with Gasteiger partial charge in [-0.3, -0.25) is 4.79 Å². The lowest BCUT2D eigenvalue weighted by molar-refractivity contribution is -0.107. The molecule has 2 aromatic carbocycles. The van der Waals surface area contributed by atoms with Gasteiger partial charge in [0.05, 0.1) is 5.69 Å². The van der Waals surface area contributed by atoms with Crippen LogP contribution in [0.4, 0.5) is 5.69 Å². The first kappa shape index (κ1) is 10.7. The summed E-state index contributed by atoms with van der Waals surface area (Å²) in [6.45, 7) is 2.83. The zero-order valence-electron chi connectivity index (χ0n) is 9.39. The molecule has 0 atom stereocenters. The lowest BCUT2D eigenvalue weighted by atomic mass is 10.1. The minimum absolute atomic E-state index is 0.761. The Kier molecular flexibility index (Phi) is 3.20. The van der Waals surface area contributed by atoms with Crippen LogP contribution in [0.5, 0.6) is 0 Å². The van der Waals surface area contributed by atoms with Crippen LogP contribution in [-0.4, -0.2) is 13.0 Å². The number of carbonyl (C=O) groups is 1. The number of amides is 1. The van der Waals surface area contributed by atoms with E-state index in [1.54, 1.807) is 4.90 Å². The van der Waals surface area contributed by atoms with Crippen molar-refractivity contribution in [3.05, 3.63) is 42.5 Å². The maximum Gasteiger partial charge on any atom is 0.214 e. The second-order valence-corrected chi connectivity index (χ2v) is 3.80. The molecule has 0 radical (unpaired) electrons. The van der Waals surface area contributed by atoms with Gasteiger partial charge in [0.15, 0.2) is 0 Å². The number of hydrogen-bond acceptors (Lipinski definition) is 1. The highest BCUT2D eigenvalue weighted by molar-refractivity contribution is 5.98. The van der Waals surface area contributed by atoms with Gasteiger partial charge in [0.25, 0.3) is 0 Å². The molecule has 0 N–H and O–H groups in total. The molecular weight excluding hydrogens is 198 g/mol. The van der Waals surface area contributed by atoms with E-state index in [0.29, 0.717) is 0 Å². The summed E-state index contributed by atoms with van der Waals surface area (Å²) in [4.78, 5) is 12.8. The largest absolute Gasteiger partial charge is 0.314 e. The third kappa shape index (κ3) is 1.91. The Balaban J connectivity index is 2.54. The topological polar surface area (TPSA) is 20.3 Å². The van der Waals surface area contributed by atoms with E-state index >= 15 is 0 Å². The first-order valence-electron chi connectivity index (χ1n) is 5.56. The Morgan fingerprint density at radius 2 is 1.88 bits per heavy atom. The highest BCUT2D eigenvalue weighted by Gasteiger charge is 2.07. The molecule has 2 aromatic rings. The molecule has 82 valence electrons. The van der Waals surface area contributed by atoms with Crippen LogP contribution in [0.3, 0.4) is 0 Å². The number of hydrogen-bond donors (Lipinski definition) is 0. The van der Waals surface area contributed by atoms with Gasteiger partial charge in [0.2, 0.25) is 6.41 Å². The van der Waals surface area contributed by atoms with E-state index in [0.717, 1.165) is 30.4 Å². The van der Waals surface area contributed by atoms with Gasteiger partial charge in [-0.05, 0) is 17.9 Å². The molecule has 0 saturated heterocycles. The van der Waals surface area contributed by atoms with E-state index < -0.39 is 0 Å². The number of nitrogens with zero attached hydrogens (tertiary/aromatic N) is 1. The fraction of sp³-hybridized carbons (Fsp3) is 0.214. The quantitative estimate of drug-likeness (QED) is 0.714. The number of carbonyl (C=O) groups excluding carboxylic acids is 1. The molecule has 0 aliphatic carbocycles. The molecular formula is C14H15NO. The molecule has 0 heterocycles. The molecule has 0 saturated carbocycles. The van der Waals surface area contributed by atoms with Crippen molar-refractivity contribution in [3.8, 4) is 0 Å². The van der Waals surface area contributed by atoms with Gasteiger partial charge in [-0.15, -0.1) is 0 Å². The summed E-state index contributed by atoms with van der Waals surface area (Å²) in [7, 11) is 0. The van der Waals surface area contributed by atoms with E-state index in [2.05, 4.69) is 25.1 Å². The van der Waals surface area contributed by atoms with Crippen molar-refractivity contribution in [2.75, 3.05) is 11.4 Å². The van der Waals surface area contributed by atoms with E-state index in [9.17, 15) is 4.79 Å². The molecule has 0 aliphatic heterocycles. The molecule has 2 rings (SSSR count). The van der Waals surface area contributed by atoms with Crippen LogP contribution in [0, 0.1) is 0 Å². The van der Waals surface area contributed by atoms with E-state index in [1.165, 1.54) is 5.39 Å². The Hall–Kier alpha value is -1.83.